The van der Waals surface area contributed by atoms with Gasteiger partial charge in [0.1, 0.15) is 11.0 Å². The molecular weight excluding hydrogens is 177 g/mol. The van der Waals surface area contributed by atoms with Gasteiger partial charge in [-0.15, -0.1) is 0 Å². The van der Waals surface area contributed by atoms with Gasteiger partial charge in [-0.3, -0.25) is 0 Å². The van der Waals surface area contributed by atoms with E-state index in [1.165, 1.54) is 12.1 Å². The molecule has 1 heterocycles. The van der Waals surface area contributed by atoms with Crippen molar-refractivity contribution in [2.75, 3.05) is 0 Å². The molecule has 0 aliphatic carbocycles. The Bertz CT molecular complexity index is 428. The Morgan fingerprint density at radius 3 is 2.92 bits per heavy atom. The van der Waals surface area contributed by atoms with Crippen LogP contribution in [0.15, 0.2) is 30.5 Å². The minimum absolute atomic E-state index is 0.259. The van der Waals surface area contributed by atoms with E-state index in [1.54, 1.807) is 18.3 Å². The fourth-order valence-electron chi connectivity index (χ4n) is 1.11. The summed E-state index contributed by atoms with van der Waals surface area (Å²) in [6.45, 7) is 0. The molecule has 0 amide bonds. The number of hydrogen-bond donors (Lipinski definition) is 0. The number of benzene rings is 1. The predicted octanol–water partition coefficient (Wildman–Crippen LogP) is 3.03. The Kier molecular flexibility index (Phi) is 1.70. The number of hydrogen-bond acceptors (Lipinski definition) is 1. The van der Waals surface area contributed by atoms with Crippen LogP contribution in [0.5, 0.6) is 0 Å². The minimum atomic E-state index is -0.259. The number of halogens is 2. The van der Waals surface area contributed by atoms with E-state index in [2.05, 4.69) is 4.98 Å². The molecule has 2 aromatic rings. The first-order valence-corrected chi connectivity index (χ1v) is 3.85. The molecule has 2 rings (SSSR count). The smallest absolute Gasteiger partial charge is 0.136 e. The van der Waals surface area contributed by atoms with Gasteiger partial charge < -0.3 is 0 Å². The molecule has 0 N–H and O–H groups in total. The maximum atomic E-state index is 12.7. The molecule has 0 aliphatic heterocycles. The summed E-state index contributed by atoms with van der Waals surface area (Å²) in [6.07, 6.45) is 1.56. The van der Waals surface area contributed by atoms with E-state index >= 15 is 0 Å². The molecule has 0 spiro atoms. The molecule has 3 heteroatoms. The maximum Gasteiger partial charge on any atom is 0.136 e. The zero-order valence-electron chi connectivity index (χ0n) is 6.09. The van der Waals surface area contributed by atoms with Gasteiger partial charge in [-0.1, -0.05) is 11.6 Å². The fraction of sp³-hybridized carbons (Fsp3) is 0. The van der Waals surface area contributed by atoms with Crippen LogP contribution in [-0.2, 0) is 0 Å². The van der Waals surface area contributed by atoms with Crippen molar-refractivity contribution in [1.29, 1.82) is 0 Å². The number of rotatable bonds is 0. The van der Waals surface area contributed by atoms with E-state index in [0.717, 1.165) is 10.8 Å². The Hall–Kier alpha value is -1.15. The number of fused-ring (bicyclic) bond motifs is 1. The second-order valence-corrected chi connectivity index (χ2v) is 2.83. The Balaban J connectivity index is 2.86. The quantitative estimate of drug-likeness (QED) is 0.570. The average molecular weight is 182 g/mol. The largest absolute Gasteiger partial charge is 0.244 e. The summed E-state index contributed by atoms with van der Waals surface area (Å²) < 4.78 is 12.7. The van der Waals surface area contributed by atoms with Crippen molar-refractivity contribution in [2.24, 2.45) is 0 Å². The number of aromatic nitrogens is 1. The molecule has 60 valence electrons. The van der Waals surface area contributed by atoms with Crippen molar-refractivity contribution in [3.8, 4) is 0 Å². The lowest BCUT2D eigenvalue weighted by molar-refractivity contribution is 0.629. The Morgan fingerprint density at radius 2 is 2.08 bits per heavy atom. The zero-order chi connectivity index (χ0) is 8.55. The van der Waals surface area contributed by atoms with Crippen LogP contribution in [0, 0.1) is 5.82 Å². The van der Waals surface area contributed by atoms with E-state index in [1.807, 2.05) is 0 Å². The summed E-state index contributed by atoms with van der Waals surface area (Å²) in [4.78, 5) is 3.88. The lowest BCUT2D eigenvalue weighted by atomic mass is 10.2. The molecule has 0 bridgehead atoms. The van der Waals surface area contributed by atoms with Crippen LogP contribution >= 0.6 is 11.6 Å². The zero-order valence-corrected chi connectivity index (χ0v) is 6.85. The van der Waals surface area contributed by atoms with Gasteiger partial charge in [0.25, 0.3) is 0 Å². The molecule has 0 fully saturated rings. The van der Waals surface area contributed by atoms with E-state index in [9.17, 15) is 4.39 Å². The normalized spacial score (nSPS) is 10.5. The molecule has 1 aromatic carbocycles. The molecule has 0 aliphatic rings. The van der Waals surface area contributed by atoms with Gasteiger partial charge in [-0.25, -0.2) is 9.37 Å². The standard InChI is InChI=1S/C9H5ClFN/c10-9-8-2-1-7(11)5-6(8)3-4-12-9/h1-5H. The van der Waals surface area contributed by atoms with Gasteiger partial charge in [0.05, 0.1) is 0 Å². The highest BCUT2D eigenvalue weighted by atomic mass is 35.5. The molecule has 12 heavy (non-hydrogen) atoms. The second-order valence-electron chi connectivity index (χ2n) is 2.47. The molecule has 0 radical (unpaired) electrons. The van der Waals surface area contributed by atoms with Crippen LogP contribution in [0.3, 0.4) is 0 Å². The Labute approximate surface area is 73.8 Å². The average Bonchev–Trinajstić information content (AvgIpc) is 2.04. The van der Waals surface area contributed by atoms with Crippen molar-refractivity contribution >= 4 is 22.4 Å². The van der Waals surface area contributed by atoms with Crippen LogP contribution in [0.1, 0.15) is 0 Å². The summed E-state index contributed by atoms with van der Waals surface area (Å²) in [7, 11) is 0. The van der Waals surface area contributed by atoms with Crippen LogP contribution in [0.2, 0.25) is 5.15 Å². The Morgan fingerprint density at radius 1 is 1.25 bits per heavy atom. The minimum Gasteiger partial charge on any atom is -0.244 e. The highest BCUT2D eigenvalue weighted by Crippen LogP contribution is 2.21. The van der Waals surface area contributed by atoms with E-state index in [0.29, 0.717) is 5.15 Å². The monoisotopic (exact) mass is 181 g/mol. The SMILES string of the molecule is Fc1ccc2c(Cl)nccc2c1. The molecule has 0 unspecified atom stereocenters. The summed E-state index contributed by atoms with van der Waals surface area (Å²) in [6, 6.07) is 6.16. The summed E-state index contributed by atoms with van der Waals surface area (Å²) in [5, 5.41) is 1.96. The number of nitrogens with zero attached hydrogens (tertiary/aromatic N) is 1. The van der Waals surface area contributed by atoms with Gasteiger partial charge in [0.2, 0.25) is 0 Å². The number of pyridine rings is 1. The fourth-order valence-corrected chi connectivity index (χ4v) is 1.34. The third kappa shape index (κ3) is 1.14. The molecule has 1 aromatic heterocycles. The molecule has 0 saturated heterocycles. The highest BCUT2D eigenvalue weighted by molar-refractivity contribution is 6.34. The molecular formula is C9H5ClFN. The van der Waals surface area contributed by atoms with E-state index < -0.39 is 0 Å². The topological polar surface area (TPSA) is 12.9 Å². The van der Waals surface area contributed by atoms with Crippen LogP contribution in [0.4, 0.5) is 4.39 Å². The van der Waals surface area contributed by atoms with Crippen LogP contribution < -0.4 is 0 Å². The first kappa shape index (κ1) is 7.50. The van der Waals surface area contributed by atoms with E-state index in [4.69, 9.17) is 11.6 Å². The lowest BCUT2D eigenvalue weighted by Gasteiger charge is -1.97. The summed E-state index contributed by atoms with van der Waals surface area (Å²) >= 11 is 5.78. The van der Waals surface area contributed by atoms with E-state index in [-0.39, 0.29) is 5.82 Å². The first-order valence-electron chi connectivity index (χ1n) is 3.47. The third-order valence-corrected chi connectivity index (χ3v) is 1.98. The van der Waals surface area contributed by atoms with Crippen molar-refractivity contribution in [1.82, 2.24) is 4.98 Å². The van der Waals surface area contributed by atoms with Crippen molar-refractivity contribution < 1.29 is 4.39 Å². The third-order valence-electron chi connectivity index (χ3n) is 1.68. The van der Waals surface area contributed by atoms with Gasteiger partial charge in [0.15, 0.2) is 0 Å². The lowest BCUT2D eigenvalue weighted by Crippen LogP contribution is -1.79. The summed E-state index contributed by atoms with van der Waals surface area (Å²) in [5.74, 6) is -0.259. The van der Waals surface area contributed by atoms with Gasteiger partial charge in [0, 0.05) is 11.6 Å². The van der Waals surface area contributed by atoms with Gasteiger partial charge >= 0.3 is 0 Å². The van der Waals surface area contributed by atoms with Gasteiger partial charge in [-0.05, 0) is 29.7 Å². The van der Waals surface area contributed by atoms with Crippen LogP contribution in [0.25, 0.3) is 10.8 Å². The van der Waals surface area contributed by atoms with Crippen molar-refractivity contribution in [3.63, 3.8) is 0 Å². The van der Waals surface area contributed by atoms with Crippen LogP contribution in [-0.4, -0.2) is 4.98 Å². The van der Waals surface area contributed by atoms with Crippen molar-refractivity contribution in [2.45, 2.75) is 0 Å². The highest BCUT2D eigenvalue weighted by Gasteiger charge is 1.99. The maximum absolute atomic E-state index is 12.7. The molecule has 0 atom stereocenters. The molecule has 0 saturated carbocycles. The summed E-state index contributed by atoms with van der Waals surface area (Å²) in [5.41, 5.74) is 0. The van der Waals surface area contributed by atoms with Crippen molar-refractivity contribution in [3.05, 3.63) is 41.4 Å². The second kappa shape index (κ2) is 2.72. The van der Waals surface area contributed by atoms with Gasteiger partial charge in [-0.2, -0.15) is 0 Å². The first-order chi connectivity index (χ1) is 5.77. The predicted molar refractivity (Wildman–Crippen MR) is 46.7 cm³/mol. The molecule has 1 nitrogen and oxygen atoms in total.